The summed E-state index contributed by atoms with van der Waals surface area (Å²) >= 11 is 0. The summed E-state index contributed by atoms with van der Waals surface area (Å²) in [5.41, 5.74) is 0.678. The molecule has 1 amide bonds. The Morgan fingerprint density at radius 1 is 1.15 bits per heavy atom. The van der Waals surface area contributed by atoms with Gasteiger partial charge in [-0.25, -0.2) is 0 Å². The maximum Gasteiger partial charge on any atom is 0.220 e. The Morgan fingerprint density at radius 2 is 1.97 bits per heavy atom. The zero-order valence-electron chi connectivity index (χ0n) is 18.9. The third-order valence-corrected chi connectivity index (χ3v) is 6.36. The van der Waals surface area contributed by atoms with Crippen molar-refractivity contribution < 1.29 is 18.7 Å². The normalized spacial score (nSPS) is 18.8. The topological polar surface area (TPSA) is 107 Å². The molecule has 2 aliphatic heterocycles. The summed E-state index contributed by atoms with van der Waals surface area (Å²) in [4.78, 5) is 14.7. The van der Waals surface area contributed by atoms with Crippen LogP contribution in [0.25, 0.3) is 5.65 Å². The molecule has 2 fully saturated rings. The van der Waals surface area contributed by atoms with Crippen molar-refractivity contribution in [3.8, 4) is 0 Å². The van der Waals surface area contributed by atoms with Crippen LogP contribution in [0.15, 0.2) is 34.9 Å². The molecular weight excluding hydrogens is 424 g/mol. The Kier molecular flexibility index (Phi) is 6.28. The Bertz CT molecular complexity index is 1070. The molecule has 3 aromatic rings. The molecule has 2 aliphatic rings. The first kappa shape index (κ1) is 21.8. The number of amides is 1. The van der Waals surface area contributed by atoms with Crippen molar-refractivity contribution in [2.24, 2.45) is 0 Å². The number of nitrogens with one attached hydrogen (secondary N) is 1. The summed E-state index contributed by atoms with van der Waals surface area (Å²) in [6.45, 7) is 4.98. The van der Waals surface area contributed by atoms with Crippen molar-refractivity contribution in [1.29, 1.82) is 0 Å². The van der Waals surface area contributed by atoms with Crippen LogP contribution >= 0.6 is 0 Å². The number of aromatic nitrogens is 4. The van der Waals surface area contributed by atoms with Crippen molar-refractivity contribution in [3.63, 3.8) is 0 Å². The van der Waals surface area contributed by atoms with Crippen molar-refractivity contribution in [1.82, 2.24) is 25.1 Å². The number of rotatable bonds is 8. The number of aryl methyl sites for hydroxylation is 2. The van der Waals surface area contributed by atoms with Crippen LogP contribution < -0.4 is 10.2 Å². The van der Waals surface area contributed by atoms with E-state index in [9.17, 15) is 4.79 Å². The fourth-order valence-electron chi connectivity index (χ4n) is 4.47. The van der Waals surface area contributed by atoms with Gasteiger partial charge in [0.25, 0.3) is 0 Å². The fraction of sp³-hybridized carbons (Fsp3) is 0.565. The van der Waals surface area contributed by atoms with Crippen molar-refractivity contribution >= 4 is 17.4 Å². The molecule has 0 aromatic carbocycles. The standard InChI is InChI=1S/C23H30N6O4/c1-17(4-5-18-3-2-14-31-18)24-22(30)9-8-20-26-25-19-6-7-21(27-29(19)20)28-12-10-23(11-13-28)32-15-16-33-23/h2-3,6-7,14,17H,4-5,8-13,15-16H2,1H3,(H,24,30)/t17-/m1/s1. The summed E-state index contributed by atoms with van der Waals surface area (Å²) in [5.74, 6) is 2.06. The Balaban J connectivity index is 1.15. The monoisotopic (exact) mass is 454 g/mol. The van der Waals surface area contributed by atoms with Gasteiger partial charge in [0.1, 0.15) is 11.6 Å². The van der Waals surface area contributed by atoms with Gasteiger partial charge in [-0.1, -0.05) is 0 Å². The summed E-state index contributed by atoms with van der Waals surface area (Å²) in [7, 11) is 0. The summed E-state index contributed by atoms with van der Waals surface area (Å²) in [5, 5.41) is 16.3. The summed E-state index contributed by atoms with van der Waals surface area (Å²) in [6.07, 6.45) is 5.73. The minimum atomic E-state index is -0.412. The lowest BCUT2D eigenvalue weighted by atomic mass is 10.0. The van der Waals surface area contributed by atoms with Crippen LogP contribution in [0.2, 0.25) is 0 Å². The second-order valence-electron chi connectivity index (χ2n) is 8.76. The quantitative estimate of drug-likeness (QED) is 0.552. The first-order valence-corrected chi connectivity index (χ1v) is 11.7. The zero-order chi connectivity index (χ0) is 22.7. The molecule has 10 nitrogen and oxygen atoms in total. The average molecular weight is 455 g/mol. The Morgan fingerprint density at radius 3 is 2.73 bits per heavy atom. The predicted molar refractivity (Wildman–Crippen MR) is 120 cm³/mol. The Labute approximate surface area is 192 Å². The first-order chi connectivity index (χ1) is 16.1. The highest BCUT2D eigenvalue weighted by Gasteiger charge is 2.40. The minimum Gasteiger partial charge on any atom is -0.469 e. The molecule has 2 saturated heterocycles. The van der Waals surface area contributed by atoms with E-state index in [-0.39, 0.29) is 11.9 Å². The van der Waals surface area contributed by atoms with E-state index in [0.717, 1.165) is 50.4 Å². The lowest BCUT2D eigenvalue weighted by Gasteiger charge is -2.38. The average Bonchev–Trinajstić information content (AvgIpc) is 3.58. The molecule has 1 atom stereocenters. The predicted octanol–water partition coefficient (Wildman–Crippen LogP) is 2.13. The first-order valence-electron chi connectivity index (χ1n) is 11.7. The molecule has 33 heavy (non-hydrogen) atoms. The number of hydrogen-bond donors (Lipinski definition) is 1. The molecule has 0 saturated carbocycles. The molecule has 0 aliphatic carbocycles. The van der Waals surface area contributed by atoms with Gasteiger partial charge in [-0.2, -0.15) is 4.52 Å². The van der Waals surface area contributed by atoms with Gasteiger partial charge in [0.05, 0.1) is 19.5 Å². The van der Waals surface area contributed by atoms with Gasteiger partial charge in [-0.05, 0) is 37.6 Å². The van der Waals surface area contributed by atoms with Crippen molar-refractivity contribution in [2.45, 2.75) is 57.3 Å². The number of hydrogen-bond acceptors (Lipinski definition) is 8. The number of nitrogens with zero attached hydrogens (tertiary/aromatic N) is 5. The second-order valence-corrected chi connectivity index (χ2v) is 8.76. The van der Waals surface area contributed by atoms with E-state index in [2.05, 4.69) is 20.4 Å². The van der Waals surface area contributed by atoms with Gasteiger partial charge in [-0.15, -0.1) is 15.3 Å². The minimum absolute atomic E-state index is 0.00672. The molecule has 5 heterocycles. The van der Waals surface area contributed by atoms with Crippen LogP contribution in [0.1, 0.15) is 44.2 Å². The van der Waals surface area contributed by atoms with Gasteiger partial charge < -0.3 is 24.1 Å². The maximum absolute atomic E-state index is 12.4. The summed E-state index contributed by atoms with van der Waals surface area (Å²) < 4.78 is 18.7. The van der Waals surface area contributed by atoms with Gasteiger partial charge >= 0.3 is 0 Å². The smallest absolute Gasteiger partial charge is 0.220 e. The molecule has 1 N–H and O–H groups in total. The van der Waals surface area contributed by atoms with Crippen molar-refractivity contribution in [3.05, 3.63) is 42.1 Å². The molecule has 0 bridgehead atoms. The zero-order valence-corrected chi connectivity index (χ0v) is 18.9. The molecule has 1 spiro atoms. The van der Waals surface area contributed by atoms with Crippen molar-refractivity contribution in [2.75, 3.05) is 31.2 Å². The Hall–Kier alpha value is -2.98. The highest BCUT2D eigenvalue weighted by Crippen LogP contribution is 2.32. The maximum atomic E-state index is 12.4. The molecule has 5 rings (SSSR count). The highest BCUT2D eigenvalue weighted by molar-refractivity contribution is 5.76. The summed E-state index contributed by atoms with van der Waals surface area (Å²) in [6, 6.07) is 7.78. The molecule has 176 valence electrons. The lowest BCUT2D eigenvalue weighted by molar-refractivity contribution is -0.169. The molecule has 3 aromatic heterocycles. The van der Waals surface area contributed by atoms with Gasteiger partial charge in [-0.3, -0.25) is 4.79 Å². The van der Waals surface area contributed by atoms with E-state index in [1.807, 2.05) is 31.2 Å². The lowest BCUT2D eigenvalue weighted by Crippen LogP contribution is -2.45. The van der Waals surface area contributed by atoms with Crippen LogP contribution in [0.3, 0.4) is 0 Å². The van der Waals surface area contributed by atoms with Crippen LogP contribution in [-0.2, 0) is 27.1 Å². The van der Waals surface area contributed by atoms with E-state index >= 15 is 0 Å². The largest absolute Gasteiger partial charge is 0.469 e. The number of anilines is 1. The van der Waals surface area contributed by atoms with Crippen LogP contribution in [-0.4, -0.2) is 63.9 Å². The van der Waals surface area contributed by atoms with E-state index in [0.29, 0.717) is 37.5 Å². The third kappa shape index (κ3) is 5.01. The molecule has 0 radical (unpaired) electrons. The van der Waals surface area contributed by atoms with E-state index < -0.39 is 5.79 Å². The van der Waals surface area contributed by atoms with Crippen LogP contribution in [0.4, 0.5) is 5.82 Å². The molecule has 10 heteroatoms. The number of furan rings is 1. The number of ether oxygens (including phenoxy) is 2. The van der Waals surface area contributed by atoms with E-state index in [4.69, 9.17) is 19.0 Å². The number of carbonyl (C=O) groups excluding carboxylic acids is 1. The van der Waals surface area contributed by atoms with Gasteiger partial charge in [0.2, 0.25) is 5.91 Å². The number of piperidine rings is 1. The highest BCUT2D eigenvalue weighted by atomic mass is 16.7. The number of carbonyl (C=O) groups is 1. The third-order valence-electron chi connectivity index (χ3n) is 6.36. The molecule has 0 unspecified atom stereocenters. The van der Waals surface area contributed by atoms with Crippen LogP contribution in [0, 0.1) is 0 Å². The molecular formula is C23H30N6O4. The number of fused-ring (bicyclic) bond motifs is 1. The van der Waals surface area contributed by atoms with Crippen LogP contribution in [0.5, 0.6) is 0 Å². The SMILES string of the molecule is C[C@H](CCc1ccco1)NC(=O)CCc1nnc2ccc(N3CCC4(CC3)OCCO4)nn12. The van der Waals surface area contributed by atoms with E-state index in [1.54, 1.807) is 10.8 Å². The van der Waals surface area contributed by atoms with Gasteiger partial charge in [0, 0.05) is 51.2 Å². The van der Waals surface area contributed by atoms with Gasteiger partial charge in [0.15, 0.2) is 17.3 Å². The second kappa shape index (κ2) is 9.48. The fourth-order valence-corrected chi connectivity index (χ4v) is 4.47. The van der Waals surface area contributed by atoms with E-state index in [1.165, 1.54) is 0 Å².